The van der Waals surface area contributed by atoms with Crippen LogP contribution in [0.15, 0.2) is 23.1 Å². The summed E-state index contributed by atoms with van der Waals surface area (Å²) >= 11 is 0. The van der Waals surface area contributed by atoms with Gasteiger partial charge in [0.25, 0.3) is 0 Å². The Bertz CT molecular complexity index is 586. The molecule has 0 heterocycles. The summed E-state index contributed by atoms with van der Waals surface area (Å²) in [6.45, 7) is 3.24. The molecule has 1 unspecified atom stereocenters. The first-order chi connectivity index (χ1) is 9.24. The molecule has 0 aromatic heterocycles. The van der Waals surface area contributed by atoms with Crippen LogP contribution in [-0.2, 0) is 14.8 Å². The Morgan fingerprint density at radius 1 is 1.45 bits per heavy atom. The quantitative estimate of drug-likeness (QED) is 0.754. The average Bonchev–Trinajstić information content (AvgIpc) is 2.33. The SMILES string of the molecule is Cc1cc(F)ccc1S(=O)(=O)NCCCC(C)C(=O)O. The maximum atomic E-state index is 12.9. The van der Waals surface area contributed by atoms with Gasteiger partial charge in [-0.2, -0.15) is 0 Å². The van der Waals surface area contributed by atoms with Crippen molar-refractivity contribution in [3.05, 3.63) is 29.6 Å². The van der Waals surface area contributed by atoms with Crippen molar-refractivity contribution in [3.8, 4) is 0 Å². The van der Waals surface area contributed by atoms with Gasteiger partial charge in [-0.05, 0) is 43.5 Å². The fourth-order valence-corrected chi connectivity index (χ4v) is 3.03. The number of hydrogen-bond acceptors (Lipinski definition) is 3. The molecule has 0 bridgehead atoms. The first-order valence-electron chi connectivity index (χ1n) is 6.22. The van der Waals surface area contributed by atoms with Gasteiger partial charge < -0.3 is 5.11 Å². The van der Waals surface area contributed by atoms with Crippen LogP contribution in [0.3, 0.4) is 0 Å². The summed E-state index contributed by atoms with van der Waals surface area (Å²) in [5, 5.41) is 8.71. The molecule has 0 radical (unpaired) electrons. The lowest BCUT2D eigenvalue weighted by Crippen LogP contribution is -2.26. The van der Waals surface area contributed by atoms with Crippen LogP contribution in [0.4, 0.5) is 4.39 Å². The van der Waals surface area contributed by atoms with E-state index in [0.29, 0.717) is 18.4 Å². The molecular weight excluding hydrogens is 285 g/mol. The Hall–Kier alpha value is -1.47. The summed E-state index contributed by atoms with van der Waals surface area (Å²) in [6, 6.07) is 3.46. The van der Waals surface area contributed by atoms with Crippen LogP contribution in [0.1, 0.15) is 25.3 Å². The molecule has 1 aromatic rings. The molecule has 7 heteroatoms. The molecule has 112 valence electrons. The summed E-state index contributed by atoms with van der Waals surface area (Å²) in [4.78, 5) is 10.6. The molecule has 0 spiro atoms. The molecule has 20 heavy (non-hydrogen) atoms. The molecule has 0 saturated heterocycles. The molecule has 0 fully saturated rings. The highest BCUT2D eigenvalue weighted by molar-refractivity contribution is 7.89. The predicted octanol–water partition coefficient (Wildman–Crippen LogP) is 1.91. The number of hydrogen-bond donors (Lipinski definition) is 2. The van der Waals surface area contributed by atoms with Crippen molar-refractivity contribution < 1.29 is 22.7 Å². The minimum atomic E-state index is -3.69. The number of rotatable bonds is 7. The van der Waals surface area contributed by atoms with Crippen molar-refractivity contribution in [1.29, 1.82) is 0 Å². The molecule has 1 atom stereocenters. The number of aliphatic carboxylic acids is 1. The normalized spacial score (nSPS) is 13.2. The number of carboxylic acids is 1. The lowest BCUT2D eigenvalue weighted by Gasteiger charge is -2.10. The van der Waals surface area contributed by atoms with Crippen molar-refractivity contribution >= 4 is 16.0 Å². The highest BCUT2D eigenvalue weighted by Crippen LogP contribution is 2.16. The van der Waals surface area contributed by atoms with E-state index in [4.69, 9.17) is 5.11 Å². The summed E-state index contributed by atoms with van der Waals surface area (Å²) in [5.41, 5.74) is 0.330. The zero-order chi connectivity index (χ0) is 15.3. The van der Waals surface area contributed by atoms with E-state index >= 15 is 0 Å². The van der Waals surface area contributed by atoms with Gasteiger partial charge in [-0.25, -0.2) is 17.5 Å². The van der Waals surface area contributed by atoms with E-state index in [9.17, 15) is 17.6 Å². The largest absolute Gasteiger partial charge is 0.481 e. The summed E-state index contributed by atoms with van der Waals surface area (Å²) in [5.74, 6) is -1.90. The van der Waals surface area contributed by atoms with Gasteiger partial charge in [0, 0.05) is 6.54 Å². The third kappa shape index (κ3) is 4.57. The number of carboxylic acid groups (broad SMARTS) is 1. The monoisotopic (exact) mass is 303 g/mol. The van der Waals surface area contributed by atoms with Gasteiger partial charge in [0.15, 0.2) is 0 Å². The van der Waals surface area contributed by atoms with Gasteiger partial charge in [0.05, 0.1) is 10.8 Å². The van der Waals surface area contributed by atoms with Crippen LogP contribution < -0.4 is 4.72 Å². The smallest absolute Gasteiger partial charge is 0.306 e. The Morgan fingerprint density at radius 3 is 2.65 bits per heavy atom. The van der Waals surface area contributed by atoms with Gasteiger partial charge in [0.1, 0.15) is 5.82 Å². The zero-order valence-electron chi connectivity index (χ0n) is 11.4. The van der Waals surface area contributed by atoms with Crippen molar-refractivity contribution in [2.75, 3.05) is 6.54 Å². The number of aryl methyl sites for hydroxylation is 1. The topological polar surface area (TPSA) is 83.5 Å². The lowest BCUT2D eigenvalue weighted by molar-refractivity contribution is -0.141. The van der Waals surface area contributed by atoms with E-state index in [0.717, 1.165) is 12.1 Å². The summed E-state index contributed by atoms with van der Waals surface area (Å²) in [6.07, 6.45) is 0.813. The molecule has 0 amide bonds. The van der Waals surface area contributed by atoms with Gasteiger partial charge in [-0.1, -0.05) is 6.92 Å². The molecular formula is C13H18FNO4S. The summed E-state index contributed by atoms with van der Waals surface area (Å²) in [7, 11) is -3.69. The average molecular weight is 303 g/mol. The number of nitrogens with one attached hydrogen (secondary N) is 1. The Kier molecular flexibility index (Phi) is 5.64. The fourth-order valence-electron chi connectivity index (χ4n) is 1.73. The lowest BCUT2D eigenvalue weighted by atomic mass is 10.1. The van der Waals surface area contributed by atoms with Gasteiger partial charge in [-0.15, -0.1) is 0 Å². The first-order valence-corrected chi connectivity index (χ1v) is 7.71. The van der Waals surface area contributed by atoms with Crippen LogP contribution in [0.5, 0.6) is 0 Å². The standard InChI is InChI=1S/C13H18FNO4S/c1-9(13(16)17)4-3-7-15-20(18,19)12-6-5-11(14)8-10(12)2/h5-6,8-9,15H,3-4,7H2,1-2H3,(H,16,17). The van der Waals surface area contributed by atoms with E-state index in [2.05, 4.69) is 4.72 Å². The Labute approximate surface area is 117 Å². The number of carbonyl (C=O) groups is 1. The van der Waals surface area contributed by atoms with Gasteiger partial charge >= 0.3 is 5.97 Å². The zero-order valence-corrected chi connectivity index (χ0v) is 12.2. The second kappa shape index (κ2) is 6.81. The molecule has 0 aliphatic heterocycles. The Morgan fingerprint density at radius 2 is 2.10 bits per heavy atom. The molecule has 0 aliphatic carbocycles. The first kappa shape index (κ1) is 16.6. The second-order valence-electron chi connectivity index (χ2n) is 4.69. The maximum Gasteiger partial charge on any atom is 0.306 e. The van der Waals surface area contributed by atoms with Crippen molar-refractivity contribution in [2.24, 2.45) is 5.92 Å². The van der Waals surface area contributed by atoms with E-state index < -0.39 is 27.7 Å². The predicted molar refractivity (Wildman–Crippen MR) is 72.4 cm³/mol. The molecule has 1 aromatic carbocycles. The van der Waals surface area contributed by atoms with E-state index in [-0.39, 0.29) is 11.4 Å². The third-order valence-electron chi connectivity index (χ3n) is 2.95. The maximum absolute atomic E-state index is 12.9. The minimum absolute atomic E-state index is 0.0326. The number of halogens is 1. The van der Waals surface area contributed by atoms with Crippen molar-refractivity contribution in [2.45, 2.75) is 31.6 Å². The van der Waals surface area contributed by atoms with Crippen LogP contribution in [0.2, 0.25) is 0 Å². The molecule has 0 saturated carbocycles. The highest BCUT2D eigenvalue weighted by Gasteiger charge is 2.17. The van der Waals surface area contributed by atoms with Crippen molar-refractivity contribution in [3.63, 3.8) is 0 Å². The molecule has 1 rings (SSSR count). The van der Waals surface area contributed by atoms with Crippen molar-refractivity contribution in [1.82, 2.24) is 4.72 Å². The minimum Gasteiger partial charge on any atom is -0.481 e. The van der Waals surface area contributed by atoms with Crippen LogP contribution >= 0.6 is 0 Å². The van der Waals surface area contributed by atoms with Gasteiger partial charge in [-0.3, -0.25) is 4.79 Å². The van der Waals surface area contributed by atoms with Crippen LogP contribution in [0.25, 0.3) is 0 Å². The van der Waals surface area contributed by atoms with E-state index in [1.165, 1.54) is 13.0 Å². The van der Waals surface area contributed by atoms with Gasteiger partial charge in [0.2, 0.25) is 10.0 Å². The molecule has 2 N–H and O–H groups in total. The summed E-state index contributed by atoms with van der Waals surface area (Å²) < 4.78 is 39.3. The third-order valence-corrected chi connectivity index (χ3v) is 4.58. The van der Waals surface area contributed by atoms with E-state index in [1.807, 2.05) is 0 Å². The van der Waals surface area contributed by atoms with E-state index in [1.54, 1.807) is 6.92 Å². The molecule has 5 nitrogen and oxygen atoms in total. The highest BCUT2D eigenvalue weighted by atomic mass is 32.2. The number of benzene rings is 1. The second-order valence-corrected chi connectivity index (χ2v) is 6.42. The fraction of sp³-hybridized carbons (Fsp3) is 0.462. The van der Waals surface area contributed by atoms with Crippen LogP contribution in [-0.4, -0.2) is 26.0 Å². The Balaban J connectivity index is 2.60. The molecule has 0 aliphatic rings. The number of sulfonamides is 1. The van der Waals surface area contributed by atoms with Crippen LogP contribution in [0, 0.1) is 18.7 Å².